The van der Waals surface area contributed by atoms with Gasteiger partial charge in [-0.25, -0.2) is 9.59 Å². The van der Waals surface area contributed by atoms with Gasteiger partial charge < -0.3 is 68.3 Å². The molecule has 0 heterocycles. The normalized spacial score (nSPS) is 15.0. The van der Waals surface area contributed by atoms with Crippen LogP contribution in [0.5, 0.6) is 23.0 Å². The van der Waals surface area contributed by atoms with Crippen molar-refractivity contribution >= 4 is 32.4 Å². The van der Waals surface area contributed by atoms with Crippen LogP contribution >= 0.6 is 0 Å². The van der Waals surface area contributed by atoms with Crippen LogP contribution in [0.2, 0.25) is 18.1 Å². The Labute approximate surface area is 520 Å². The van der Waals surface area contributed by atoms with Crippen molar-refractivity contribution < 1.29 is 76.8 Å². The number of methoxy groups -OCH3 is 4. The highest BCUT2D eigenvalue weighted by Crippen LogP contribution is 2.41. The lowest BCUT2D eigenvalue weighted by Crippen LogP contribution is -2.54. The summed E-state index contributed by atoms with van der Waals surface area (Å²) < 4.78 is 51.5. The molecule has 0 aliphatic heterocycles. The summed E-state index contributed by atoms with van der Waals surface area (Å²) in [6.45, 7) is 39.9. The number of amides is 2. The van der Waals surface area contributed by atoms with E-state index in [2.05, 4.69) is 78.3 Å². The number of carboxylic acid groups (broad SMARTS) is 2. The van der Waals surface area contributed by atoms with Gasteiger partial charge in [-0.2, -0.15) is 0 Å². The number of carbonyl (C=O) groups is 4. The number of alkyl carbamates (subject to hydrolysis) is 2. The van der Waals surface area contributed by atoms with Crippen LogP contribution in [0.25, 0.3) is 0 Å². The number of carboxylic acids is 2. The Hall–Kier alpha value is -4.82. The maximum atomic E-state index is 13.3. The van der Waals surface area contributed by atoms with Gasteiger partial charge in [-0.1, -0.05) is 95.7 Å². The van der Waals surface area contributed by atoms with Crippen LogP contribution in [0.4, 0.5) is 9.59 Å². The van der Waals surface area contributed by atoms with Crippen LogP contribution < -0.4 is 29.6 Å². The lowest BCUT2D eigenvalue weighted by Gasteiger charge is -2.43. The molecule has 0 aliphatic carbocycles. The standard InChI is InChI=1S/C36H65NO8Si.C30H51NO8.CH4/c1-24(2)27(20-26-16-17-30(42-12)32(21-26)43-19-15-18-41-11)22-29(37-34(40)44-35(5,6)7)31(23-28(25(3)4)33(38)39)45-46(13,14)36(8,9)10;1-19(2)22(15-21-11-12-26(37-9)27(16-21)38-14-10-13-36-8)17-24(31-29(35)39-30(5,6)7)25(32)18-23(20(3)4)28(33)34;/h16-17,21,24-25,27-29,31H,15,18-20,22-23H2,1-14H3,(H,37,40)(H,38,39);11-12,16,19-20,22-25,32H,10,13-15,17-18H2,1-9H3,(H,31,35)(H,33,34);1H4/t27-,28-,29-,31+;22-,23-,24-,25-;/m00./s1. The van der Waals surface area contributed by atoms with Gasteiger partial charge in [0.25, 0.3) is 0 Å². The Kier molecular flexibility index (Phi) is 36.4. The van der Waals surface area contributed by atoms with E-state index in [4.69, 9.17) is 42.3 Å². The molecule has 0 bridgehead atoms. The number of benzene rings is 2. The van der Waals surface area contributed by atoms with Gasteiger partial charge in [-0.05, 0) is 169 Å². The quantitative estimate of drug-likeness (QED) is 0.0315. The van der Waals surface area contributed by atoms with E-state index in [1.54, 1.807) is 49.2 Å². The summed E-state index contributed by atoms with van der Waals surface area (Å²) in [5.41, 5.74) is 0.727. The van der Waals surface area contributed by atoms with Gasteiger partial charge in [0, 0.05) is 40.3 Å². The highest BCUT2D eigenvalue weighted by Gasteiger charge is 2.44. The number of hydrogen-bond donors (Lipinski definition) is 5. The first-order valence-corrected chi connectivity index (χ1v) is 33.6. The first kappa shape index (κ1) is 81.2. The Morgan fingerprint density at radius 1 is 0.523 bits per heavy atom. The van der Waals surface area contributed by atoms with Crippen molar-refractivity contribution in [2.45, 2.75) is 230 Å². The highest BCUT2D eigenvalue weighted by atomic mass is 28.4. The third kappa shape index (κ3) is 30.9. The van der Waals surface area contributed by atoms with Crippen LogP contribution in [-0.4, -0.2) is 138 Å². The van der Waals surface area contributed by atoms with Gasteiger partial charge in [0.1, 0.15) is 11.2 Å². The van der Waals surface area contributed by atoms with Crippen molar-refractivity contribution in [2.75, 3.05) is 54.9 Å². The lowest BCUT2D eigenvalue weighted by molar-refractivity contribution is -0.145. The minimum absolute atomic E-state index is 0. The predicted octanol–water partition coefficient (Wildman–Crippen LogP) is 14.3. The van der Waals surface area contributed by atoms with E-state index in [1.165, 1.54) is 0 Å². The second-order valence-corrected chi connectivity index (χ2v) is 32.3. The van der Waals surface area contributed by atoms with E-state index in [0.29, 0.717) is 68.7 Å². The molecule has 0 radical (unpaired) electrons. The molecular formula is C67H120N2O16Si. The summed E-state index contributed by atoms with van der Waals surface area (Å²) >= 11 is 0. The van der Waals surface area contributed by atoms with E-state index >= 15 is 0 Å². The molecule has 18 nitrogen and oxygen atoms in total. The molecule has 0 saturated carbocycles. The van der Waals surface area contributed by atoms with Gasteiger partial charge in [-0.15, -0.1) is 0 Å². The molecule has 19 heteroatoms. The van der Waals surface area contributed by atoms with E-state index in [1.807, 2.05) is 78.8 Å². The minimum Gasteiger partial charge on any atom is -0.493 e. The number of hydrogen-bond acceptors (Lipinski definition) is 14. The van der Waals surface area contributed by atoms with E-state index in [-0.39, 0.29) is 60.8 Å². The van der Waals surface area contributed by atoms with Crippen molar-refractivity contribution in [2.24, 2.45) is 47.3 Å². The predicted molar refractivity (Wildman–Crippen MR) is 346 cm³/mol. The zero-order chi connectivity index (χ0) is 65.2. The summed E-state index contributed by atoms with van der Waals surface area (Å²) in [4.78, 5) is 50.3. The number of nitrogens with one attached hydrogen (secondary N) is 2. The Bertz CT molecular complexity index is 2270. The zero-order valence-corrected chi connectivity index (χ0v) is 57.5. The zero-order valence-electron chi connectivity index (χ0n) is 56.5. The summed E-state index contributed by atoms with van der Waals surface area (Å²) in [6, 6.07) is 10.7. The summed E-state index contributed by atoms with van der Waals surface area (Å²) in [7, 11) is 4.18. The fraction of sp³-hybridized carbons (Fsp3) is 0.761. The maximum Gasteiger partial charge on any atom is 0.407 e. The van der Waals surface area contributed by atoms with Crippen LogP contribution in [0, 0.1) is 47.3 Å². The molecular weight excluding hydrogens is 1120 g/mol. The number of aliphatic hydroxyl groups is 1. The van der Waals surface area contributed by atoms with Crippen LogP contribution in [0.3, 0.4) is 0 Å². The van der Waals surface area contributed by atoms with E-state index in [0.717, 1.165) is 30.4 Å². The summed E-state index contributed by atoms with van der Waals surface area (Å²) in [6.07, 6.45) is 1.50. The second-order valence-electron chi connectivity index (χ2n) is 27.6. The maximum absolute atomic E-state index is 13.3. The summed E-state index contributed by atoms with van der Waals surface area (Å²) in [5.74, 6) is -0.140. The molecule has 2 aromatic rings. The van der Waals surface area contributed by atoms with Crippen molar-refractivity contribution in [3.63, 3.8) is 0 Å². The molecule has 0 fully saturated rings. The second kappa shape index (κ2) is 38.6. The van der Waals surface area contributed by atoms with Crippen LogP contribution in [0.1, 0.15) is 175 Å². The lowest BCUT2D eigenvalue weighted by atomic mass is 9.80. The van der Waals surface area contributed by atoms with Gasteiger partial charge >= 0.3 is 24.1 Å². The Balaban J connectivity index is 0.00000168. The van der Waals surface area contributed by atoms with Gasteiger partial charge in [0.05, 0.1) is 63.6 Å². The number of ether oxygens (including phenoxy) is 8. The van der Waals surface area contributed by atoms with E-state index < -0.39 is 79.8 Å². The molecule has 86 heavy (non-hydrogen) atoms. The average molecular weight is 1240 g/mol. The fourth-order valence-electron chi connectivity index (χ4n) is 9.51. The molecule has 2 aromatic carbocycles. The highest BCUT2D eigenvalue weighted by molar-refractivity contribution is 6.74. The molecule has 0 unspecified atom stereocenters. The average Bonchev–Trinajstić information content (AvgIpc) is 2.10. The van der Waals surface area contributed by atoms with Crippen molar-refractivity contribution in [1.82, 2.24) is 10.6 Å². The van der Waals surface area contributed by atoms with Gasteiger partial charge in [0.15, 0.2) is 31.3 Å². The van der Waals surface area contributed by atoms with Crippen LogP contribution in [0.15, 0.2) is 36.4 Å². The molecule has 0 aliphatic rings. The molecule has 2 amide bonds. The topological polar surface area (TPSA) is 236 Å². The first-order valence-electron chi connectivity index (χ1n) is 30.7. The van der Waals surface area contributed by atoms with Gasteiger partial charge in [-0.3, -0.25) is 9.59 Å². The summed E-state index contributed by atoms with van der Waals surface area (Å²) in [5, 5.41) is 37.0. The molecule has 8 atom stereocenters. The third-order valence-electron chi connectivity index (χ3n) is 15.7. The Morgan fingerprint density at radius 2 is 0.895 bits per heavy atom. The third-order valence-corrected chi connectivity index (χ3v) is 20.3. The monoisotopic (exact) mass is 1240 g/mol. The molecule has 0 saturated heterocycles. The number of carbonyl (C=O) groups excluding carboxylic acids is 2. The molecule has 498 valence electrons. The number of aliphatic hydroxyl groups excluding tert-OH is 1. The smallest absolute Gasteiger partial charge is 0.407 e. The van der Waals surface area contributed by atoms with Gasteiger partial charge in [0.2, 0.25) is 0 Å². The van der Waals surface area contributed by atoms with Crippen LogP contribution in [-0.2, 0) is 45.8 Å². The minimum atomic E-state index is -2.38. The largest absolute Gasteiger partial charge is 0.493 e. The number of aliphatic carboxylic acids is 2. The fourth-order valence-corrected chi connectivity index (χ4v) is 10.9. The molecule has 0 aromatic heterocycles. The Morgan fingerprint density at radius 3 is 1.22 bits per heavy atom. The van der Waals surface area contributed by atoms with E-state index in [9.17, 15) is 34.5 Å². The SMILES string of the molecule is C.COCCCOc1cc(C[C@@H](C[C@H](NC(=O)OC(C)(C)C)[C@@H](C[C@H](C(=O)O)C(C)C)O[Si](C)(C)C(C)(C)C)C(C)C)ccc1OC.COCCCOc1cc(C[C@@H](C[C@H](NC(=O)OC(C)(C)C)[C@@H](O)C[C@H](C(=O)O)C(C)C)C(C)C)ccc1OC. The first-order chi connectivity index (χ1) is 39.3. The van der Waals surface area contributed by atoms with Crippen molar-refractivity contribution in [3.8, 4) is 23.0 Å². The number of rotatable bonds is 36. The molecule has 5 N–H and O–H groups in total. The molecule has 2 rings (SSSR count). The van der Waals surface area contributed by atoms with Crippen molar-refractivity contribution in [3.05, 3.63) is 47.5 Å². The van der Waals surface area contributed by atoms with Crippen molar-refractivity contribution in [1.29, 1.82) is 0 Å². The molecule has 0 spiro atoms.